The van der Waals surface area contributed by atoms with Gasteiger partial charge in [0, 0.05) is 25.0 Å². The zero-order valence-electron chi connectivity index (χ0n) is 11.1. The minimum absolute atomic E-state index is 0.218. The number of amides is 1. The number of carbonyl (C=O) groups excluding carboxylic acids is 1. The summed E-state index contributed by atoms with van der Waals surface area (Å²) in [7, 11) is 0. The Hall–Kier alpha value is -0.570. The Morgan fingerprint density at radius 2 is 1.94 bits per heavy atom. The van der Waals surface area contributed by atoms with Crippen molar-refractivity contribution in [2.45, 2.75) is 53.0 Å². The van der Waals surface area contributed by atoms with Crippen LogP contribution in [-0.2, 0) is 4.79 Å². The van der Waals surface area contributed by atoms with E-state index < -0.39 is 0 Å². The molecule has 0 aromatic heterocycles. The van der Waals surface area contributed by atoms with Crippen LogP contribution in [0, 0.1) is 11.3 Å². The molecule has 16 heavy (non-hydrogen) atoms. The third kappa shape index (κ3) is 2.76. The third-order valence-electron chi connectivity index (χ3n) is 3.85. The lowest BCUT2D eigenvalue weighted by Crippen LogP contribution is -2.44. The molecule has 0 radical (unpaired) electrons. The molecule has 0 aliphatic heterocycles. The lowest BCUT2D eigenvalue weighted by molar-refractivity contribution is -0.135. The van der Waals surface area contributed by atoms with Crippen LogP contribution < -0.4 is 5.73 Å². The molecule has 0 bridgehead atoms. The molecule has 0 heterocycles. The van der Waals surface area contributed by atoms with Crippen molar-refractivity contribution < 1.29 is 4.79 Å². The van der Waals surface area contributed by atoms with Crippen molar-refractivity contribution in [2.24, 2.45) is 17.1 Å². The molecule has 1 atom stereocenters. The maximum atomic E-state index is 12.3. The summed E-state index contributed by atoms with van der Waals surface area (Å²) in [6.45, 7) is 9.89. The number of rotatable bonds is 6. The number of nitrogens with zero attached hydrogens (tertiary/aromatic N) is 1. The monoisotopic (exact) mass is 226 g/mol. The first-order valence-corrected chi connectivity index (χ1v) is 6.48. The topological polar surface area (TPSA) is 46.3 Å². The van der Waals surface area contributed by atoms with E-state index in [1.807, 2.05) is 4.90 Å². The van der Waals surface area contributed by atoms with Crippen molar-refractivity contribution in [3.63, 3.8) is 0 Å². The summed E-state index contributed by atoms with van der Waals surface area (Å²) in [5.74, 6) is 0.559. The molecule has 1 rings (SSSR count). The SMILES string of the molecule is CCC(CC)N(CCN)C(=O)C1CC1(C)C. The van der Waals surface area contributed by atoms with E-state index in [0.29, 0.717) is 25.0 Å². The Balaban J connectivity index is 2.66. The Bertz CT molecular complexity index is 246. The van der Waals surface area contributed by atoms with E-state index in [-0.39, 0.29) is 11.3 Å². The zero-order valence-corrected chi connectivity index (χ0v) is 11.1. The second kappa shape index (κ2) is 5.17. The highest BCUT2D eigenvalue weighted by molar-refractivity contribution is 5.82. The van der Waals surface area contributed by atoms with E-state index in [4.69, 9.17) is 5.73 Å². The predicted octanol–water partition coefficient (Wildman–Crippen LogP) is 2.01. The molecule has 0 aromatic carbocycles. The van der Waals surface area contributed by atoms with Crippen LogP contribution in [0.5, 0.6) is 0 Å². The Morgan fingerprint density at radius 1 is 1.44 bits per heavy atom. The van der Waals surface area contributed by atoms with Crippen LogP contribution in [-0.4, -0.2) is 29.9 Å². The van der Waals surface area contributed by atoms with Gasteiger partial charge in [-0.2, -0.15) is 0 Å². The fourth-order valence-electron chi connectivity index (χ4n) is 2.43. The minimum atomic E-state index is 0.218. The van der Waals surface area contributed by atoms with Crippen LogP contribution in [0.2, 0.25) is 0 Å². The summed E-state index contributed by atoms with van der Waals surface area (Å²) in [6, 6.07) is 0.368. The molecule has 1 aliphatic rings. The van der Waals surface area contributed by atoms with E-state index in [1.165, 1.54) is 0 Å². The van der Waals surface area contributed by atoms with E-state index in [0.717, 1.165) is 19.3 Å². The smallest absolute Gasteiger partial charge is 0.226 e. The van der Waals surface area contributed by atoms with E-state index in [2.05, 4.69) is 27.7 Å². The van der Waals surface area contributed by atoms with Crippen molar-refractivity contribution in [3.05, 3.63) is 0 Å². The number of hydrogen-bond acceptors (Lipinski definition) is 2. The van der Waals surface area contributed by atoms with Crippen molar-refractivity contribution >= 4 is 5.91 Å². The van der Waals surface area contributed by atoms with Gasteiger partial charge in [0.25, 0.3) is 0 Å². The van der Waals surface area contributed by atoms with Gasteiger partial charge in [0.15, 0.2) is 0 Å². The van der Waals surface area contributed by atoms with Crippen molar-refractivity contribution in [1.82, 2.24) is 4.90 Å². The summed E-state index contributed by atoms with van der Waals surface area (Å²) in [6.07, 6.45) is 3.08. The van der Waals surface area contributed by atoms with Crippen molar-refractivity contribution in [2.75, 3.05) is 13.1 Å². The van der Waals surface area contributed by atoms with Crippen LogP contribution in [0.4, 0.5) is 0 Å². The molecule has 0 spiro atoms. The van der Waals surface area contributed by atoms with Crippen LogP contribution in [0.1, 0.15) is 47.0 Å². The summed E-state index contributed by atoms with van der Waals surface area (Å²) >= 11 is 0. The molecule has 0 aromatic rings. The first-order valence-electron chi connectivity index (χ1n) is 6.48. The highest BCUT2D eigenvalue weighted by Gasteiger charge is 2.52. The average Bonchev–Trinajstić information content (AvgIpc) is 2.87. The molecule has 1 unspecified atom stereocenters. The highest BCUT2D eigenvalue weighted by atomic mass is 16.2. The van der Waals surface area contributed by atoms with Gasteiger partial charge in [0.05, 0.1) is 0 Å². The second-order valence-corrected chi connectivity index (χ2v) is 5.54. The van der Waals surface area contributed by atoms with Gasteiger partial charge in [-0.3, -0.25) is 4.79 Å². The first kappa shape index (κ1) is 13.5. The minimum Gasteiger partial charge on any atom is -0.338 e. The Morgan fingerprint density at radius 3 is 2.25 bits per heavy atom. The van der Waals surface area contributed by atoms with Gasteiger partial charge >= 0.3 is 0 Å². The van der Waals surface area contributed by atoms with E-state index in [9.17, 15) is 4.79 Å². The molecule has 1 aliphatic carbocycles. The van der Waals surface area contributed by atoms with Crippen LogP contribution in [0.15, 0.2) is 0 Å². The number of hydrogen-bond donors (Lipinski definition) is 1. The maximum absolute atomic E-state index is 12.3. The van der Waals surface area contributed by atoms with Crippen LogP contribution in [0.3, 0.4) is 0 Å². The largest absolute Gasteiger partial charge is 0.338 e. The quantitative estimate of drug-likeness (QED) is 0.753. The fourth-order valence-corrected chi connectivity index (χ4v) is 2.43. The molecular weight excluding hydrogens is 200 g/mol. The van der Waals surface area contributed by atoms with E-state index in [1.54, 1.807) is 0 Å². The number of carbonyl (C=O) groups is 1. The molecule has 94 valence electrons. The van der Waals surface area contributed by atoms with Crippen molar-refractivity contribution in [3.8, 4) is 0 Å². The summed E-state index contributed by atoms with van der Waals surface area (Å²) < 4.78 is 0. The molecular formula is C13H26N2O. The lowest BCUT2D eigenvalue weighted by Gasteiger charge is -2.31. The summed E-state index contributed by atoms with van der Waals surface area (Å²) in [5, 5.41) is 0. The van der Waals surface area contributed by atoms with Crippen LogP contribution >= 0.6 is 0 Å². The molecule has 0 saturated heterocycles. The van der Waals surface area contributed by atoms with E-state index >= 15 is 0 Å². The van der Waals surface area contributed by atoms with Gasteiger partial charge in [0.2, 0.25) is 5.91 Å². The summed E-state index contributed by atoms with van der Waals surface area (Å²) in [5.41, 5.74) is 5.83. The second-order valence-electron chi connectivity index (χ2n) is 5.54. The van der Waals surface area contributed by atoms with Gasteiger partial charge in [0.1, 0.15) is 0 Å². The molecule has 3 heteroatoms. The molecule has 1 fully saturated rings. The van der Waals surface area contributed by atoms with Gasteiger partial charge in [-0.25, -0.2) is 0 Å². The zero-order chi connectivity index (χ0) is 12.3. The predicted molar refractivity (Wildman–Crippen MR) is 67.0 cm³/mol. The average molecular weight is 226 g/mol. The lowest BCUT2D eigenvalue weighted by atomic mass is 10.1. The Labute approximate surface area is 99.4 Å². The van der Waals surface area contributed by atoms with Gasteiger partial charge < -0.3 is 10.6 Å². The highest BCUT2D eigenvalue weighted by Crippen LogP contribution is 2.52. The standard InChI is InChI=1S/C13H26N2O/c1-5-10(6-2)15(8-7-14)12(16)11-9-13(11,3)4/h10-11H,5-9,14H2,1-4H3. The normalized spacial score (nSPS) is 22.2. The van der Waals surface area contributed by atoms with Crippen molar-refractivity contribution in [1.29, 1.82) is 0 Å². The summed E-state index contributed by atoms with van der Waals surface area (Å²) in [4.78, 5) is 14.4. The molecule has 1 amide bonds. The molecule has 3 nitrogen and oxygen atoms in total. The van der Waals surface area contributed by atoms with Crippen LogP contribution in [0.25, 0.3) is 0 Å². The molecule has 2 N–H and O–H groups in total. The number of nitrogens with two attached hydrogens (primary N) is 1. The first-order chi connectivity index (χ1) is 7.47. The maximum Gasteiger partial charge on any atom is 0.226 e. The van der Waals surface area contributed by atoms with Gasteiger partial charge in [-0.1, -0.05) is 27.7 Å². The Kier molecular flexibility index (Phi) is 4.36. The third-order valence-corrected chi connectivity index (χ3v) is 3.85. The van der Waals surface area contributed by atoms with Gasteiger partial charge in [-0.05, 0) is 24.7 Å². The fraction of sp³-hybridized carbons (Fsp3) is 0.923. The molecule has 1 saturated carbocycles. The van der Waals surface area contributed by atoms with Gasteiger partial charge in [-0.15, -0.1) is 0 Å².